The third-order valence-electron chi connectivity index (χ3n) is 5.30. The highest BCUT2D eigenvalue weighted by atomic mass is 16.7. The van der Waals surface area contributed by atoms with Crippen LogP contribution in [0.5, 0.6) is 11.5 Å². The molecule has 2 amide bonds. The Morgan fingerprint density at radius 1 is 0.871 bits per heavy atom. The number of anilines is 1. The summed E-state index contributed by atoms with van der Waals surface area (Å²) in [6, 6.07) is 22.4. The molecule has 0 spiro atoms. The third kappa shape index (κ3) is 3.53. The predicted octanol–water partition coefficient (Wildman–Crippen LogP) is 4.12. The quantitative estimate of drug-likeness (QED) is 0.639. The molecule has 0 atom stereocenters. The Morgan fingerprint density at radius 2 is 1.68 bits per heavy atom. The second kappa shape index (κ2) is 7.65. The maximum Gasteiger partial charge on any atom is 0.278 e. The number of carbonyl (C=O) groups is 2. The first-order chi connectivity index (χ1) is 15.1. The minimum absolute atomic E-state index is 0.142. The van der Waals surface area contributed by atoms with Crippen molar-refractivity contribution in [2.45, 2.75) is 13.5 Å². The fraction of sp³-hybridized carbons (Fsp3) is 0.120. The fourth-order valence-electron chi connectivity index (χ4n) is 3.80. The van der Waals surface area contributed by atoms with Crippen LogP contribution in [0.15, 0.2) is 78.5 Å². The van der Waals surface area contributed by atoms with Gasteiger partial charge in [0.15, 0.2) is 11.5 Å². The molecule has 6 heteroatoms. The van der Waals surface area contributed by atoms with E-state index in [0.717, 1.165) is 16.8 Å². The van der Waals surface area contributed by atoms with E-state index < -0.39 is 0 Å². The van der Waals surface area contributed by atoms with Crippen molar-refractivity contribution >= 4 is 23.1 Å². The van der Waals surface area contributed by atoms with Crippen molar-refractivity contribution in [3.05, 3.63) is 95.2 Å². The van der Waals surface area contributed by atoms with Crippen molar-refractivity contribution in [3.63, 3.8) is 0 Å². The molecule has 2 heterocycles. The van der Waals surface area contributed by atoms with E-state index in [1.807, 2.05) is 67.6 Å². The number of benzene rings is 3. The second-order valence-electron chi connectivity index (χ2n) is 7.49. The molecule has 0 radical (unpaired) electrons. The van der Waals surface area contributed by atoms with Crippen molar-refractivity contribution in [2.75, 3.05) is 12.1 Å². The first-order valence-corrected chi connectivity index (χ1v) is 9.98. The molecule has 0 bridgehead atoms. The Morgan fingerprint density at radius 3 is 2.48 bits per heavy atom. The molecule has 2 aliphatic heterocycles. The van der Waals surface area contributed by atoms with Gasteiger partial charge in [-0.2, -0.15) is 0 Å². The molecule has 6 nitrogen and oxygen atoms in total. The molecule has 0 fully saturated rings. The third-order valence-corrected chi connectivity index (χ3v) is 5.30. The number of fused-ring (bicyclic) bond motifs is 1. The molecule has 0 aromatic heterocycles. The number of nitrogens with one attached hydrogen (secondary N) is 1. The van der Waals surface area contributed by atoms with Gasteiger partial charge in [-0.3, -0.25) is 14.5 Å². The van der Waals surface area contributed by atoms with E-state index in [1.54, 1.807) is 12.1 Å². The van der Waals surface area contributed by atoms with Crippen LogP contribution < -0.4 is 14.8 Å². The highest BCUT2D eigenvalue weighted by molar-refractivity contribution is 6.36. The number of aryl methyl sites for hydroxylation is 1. The normalized spacial score (nSPS) is 15.1. The van der Waals surface area contributed by atoms with Gasteiger partial charge in [-0.1, -0.05) is 48.5 Å². The van der Waals surface area contributed by atoms with E-state index in [4.69, 9.17) is 9.47 Å². The lowest BCUT2D eigenvalue weighted by Gasteiger charge is -2.16. The molecule has 1 N–H and O–H groups in total. The molecule has 5 rings (SSSR count). The van der Waals surface area contributed by atoms with Crippen LogP contribution in [0.4, 0.5) is 5.69 Å². The summed E-state index contributed by atoms with van der Waals surface area (Å²) in [7, 11) is 0. The maximum absolute atomic E-state index is 13.4. The van der Waals surface area contributed by atoms with E-state index in [-0.39, 0.29) is 30.8 Å². The van der Waals surface area contributed by atoms with Gasteiger partial charge in [0, 0.05) is 5.69 Å². The Balaban J connectivity index is 1.50. The van der Waals surface area contributed by atoms with Crippen LogP contribution in [0.1, 0.15) is 16.7 Å². The number of nitrogens with zero attached hydrogens (tertiary/aromatic N) is 1. The highest BCUT2D eigenvalue weighted by Crippen LogP contribution is 2.35. The van der Waals surface area contributed by atoms with Crippen LogP contribution >= 0.6 is 0 Å². The Hall–Kier alpha value is -4.06. The molecule has 0 unspecified atom stereocenters. The van der Waals surface area contributed by atoms with Crippen LogP contribution in [0.2, 0.25) is 0 Å². The van der Waals surface area contributed by atoms with E-state index in [0.29, 0.717) is 22.6 Å². The number of hydrogen-bond acceptors (Lipinski definition) is 5. The van der Waals surface area contributed by atoms with E-state index in [1.165, 1.54) is 4.90 Å². The molecular weight excluding hydrogens is 392 g/mol. The molecular formula is C25H20N2O4. The van der Waals surface area contributed by atoms with Gasteiger partial charge in [-0.05, 0) is 47.9 Å². The molecule has 0 saturated carbocycles. The molecule has 154 valence electrons. The number of amides is 2. The number of hydrogen-bond donors (Lipinski definition) is 1. The lowest BCUT2D eigenvalue weighted by atomic mass is 10.0. The van der Waals surface area contributed by atoms with Crippen LogP contribution in [-0.4, -0.2) is 23.5 Å². The van der Waals surface area contributed by atoms with E-state index in [2.05, 4.69) is 5.32 Å². The Labute approximate surface area is 179 Å². The first kappa shape index (κ1) is 18.9. The smallest absolute Gasteiger partial charge is 0.278 e. The molecule has 3 aromatic rings. The van der Waals surface area contributed by atoms with Crippen LogP contribution in [-0.2, 0) is 16.1 Å². The van der Waals surface area contributed by atoms with Crippen LogP contribution in [0, 0.1) is 6.92 Å². The molecule has 3 aromatic carbocycles. The zero-order valence-electron chi connectivity index (χ0n) is 16.9. The minimum atomic E-state index is -0.358. The van der Waals surface area contributed by atoms with Gasteiger partial charge in [0.05, 0.1) is 12.1 Å². The maximum atomic E-state index is 13.4. The molecule has 2 aliphatic rings. The summed E-state index contributed by atoms with van der Waals surface area (Å²) in [6.45, 7) is 2.29. The zero-order chi connectivity index (χ0) is 21.4. The van der Waals surface area contributed by atoms with Crippen molar-refractivity contribution in [1.82, 2.24) is 4.90 Å². The van der Waals surface area contributed by atoms with Crippen molar-refractivity contribution < 1.29 is 19.1 Å². The van der Waals surface area contributed by atoms with Crippen molar-refractivity contribution in [1.29, 1.82) is 0 Å². The van der Waals surface area contributed by atoms with Crippen molar-refractivity contribution in [3.8, 4) is 11.5 Å². The first-order valence-electron chi connectivity index (χ1n) is 9.98. The van der Waals surface area contributed by atoms with Crippen LogP contribution in [0.3, 0.4) is 0 Å². The average Bonchev–Trinajstić information content (AvgIpc) is 3.33. The van der Waals surface area contributed by atoms with Crippen molar-refractivity contribution in [2.24, 2.45) is 0 Å². The summed E-state index contributed by atoms with van der Waals surface area (Å²) in [5, 5.41) is 3.19. The van der Waals surface area contributed by atoms with Gasteiger partial charge in [0.1, 0.15) is 5.70 Å². The largest absolute Gasteiger partial charge is 0.454 e. The predicted molar refractivity (Wildman–Crippen MR) is 116 cm³/mol. The standard InChI is InChI=1S/C25H20N2O4/c1-16-6-5-9-19(12-16)26-23-22(18-7-3-2-4-8-18)24(28)27(25(23)29)14-17-10-11-20-21(13-17)31-15-30-20/h2-13,26H,14-15H2,1H3. The van der Waals surface area contributed by atoms with E-state index >= 15 is 0 Å². The topological polar surface area (TPSA) is 67.9 Å². The van der Waals surface area contributed by atoms with Gasteiger partial charge in [0.2, 0.25) is 6.79 Å². The lowest BCUT2D eigenvalue weighted by Crippen LogP contribution is -2.32. The molecule has 0 aliphatic carbocycles. The summed E-state index contributed by atoms with van der Waals surface area (Å²) in [6.07, 6.45) is 0. The fourth-order valence-corrected chi connectivity index (χ4v) is 3.80. The monoisotopic (exact) mass is 412 g/mol. The van der Waals surface area contributed by atoms with Gasteiger partial charge < -0.3 is 14.8 Å². The highest BCUT2D eigenvalue weighted by Gasteiger charge is 2.39. The van der Waals surface area contributed by atoms with Gasteiger partial charge in [-0.25, -0.2) is 0 Å². The Kier molecular flexibility index (Phi) is 4.67. The molecule has 31 heavy (non-hydrogen) atoms. The average molecular weight is 412 g/mol. The van der Waals surface area contributed by atoms with Gasteiger partial charge in [0.25, 0.3) is 11.8 Å². The summed E-state index contributed by atoms with van der Waals surface area (Å²) < 4.78 is 10.8. The van der Waals surface area contributed by atoms with E-state index in [9.17, 15) is 9.59 Å². The SMILES string of the molecule is Cc1cccc(NC2=C(c3ccccc3)C(=O)N(Cc3ccc4c(c3)OCO4)C2=O)c1. The van der Waals surface area contributed by atoms with Gasteiger partial charge >= 0.3 is 0 Å². The Bertz CT molecular complexity index is 1220. The van der Waals surface area contributed by atoms with Crippen LogP contribution in [0.25, 0.3) is 5.57 Å². The summed E-state index contributed by atoms with van der Waals surface area (Å²) in [5.74, 6) is 0.589. The molecule has 0 saturated heterocycles. The number of imide groups is 1. The lowest BCUT2D eigenvalue weighted by molar-refractivity contribution is -0.137. The van der Waals surface area contributed by atoms with Gasteiger partial charge in [-0.15, -0.1) is 0 Å². The number of ether oxygens (including phenoxy) is 2. The zero-order valence-corrected chi connectivity index (χ0v) is 16.9. The summed E-state index contributed by atoms with van der Waals surface area (Å²) in [5.41, 5.74) is 3.95. The summed E-state index contributed by atoms with van der Waals surface area (Å²) in [4.78, 5) is 28.0. The summed E-state index contributed by atoms with van der Waals surface area (Å²) >= 11 is 0. The second-order valence-corrected chi connectivity index (χ2v) is 7.49. The number of rotatable bonds is 5. The number of carbonyl (C=O) groups excluding carboxylic acids is 2. The minimum Gasteiger partial charge on any atom is -0.454 e.